The highest BCUT2D eigenvalue weighted by molar-refractivity contribution is 7.14. The Hall–Kier alpha value is -1.41. The fourth-order valence-corrected chi connectivity index (χ4v) is 2.70. The molecule has 0 saturated heterocycles. The molecule has 0 atom stereocenters. The van der Waals surface area contributed by atoms with Crippen LogP contribution in [0.15, 0.2) is 30.3 Å². The van der Waals surface area contributed by atoms with Gasteiger partial charge in [0.05, 0.1) is 4.88 Å². The summed E-state index contributed by atoms with van der Waals surface area (Å²) >= 11 is 1.60. The highest BCUT2D eigenvalue weighted by atomic mass is 32.1. The van der Waals surface area contributed by atoms with Crippen molar-refractivity contribution in [3.63, 3.8) is 0 Å². The van der Waals surface area contributed by atoms with E-state index in [9.17, 15) is 4.79 Å². The number of hydrogen-bond donors (Lipinski definition) is 0. The van der Waals surface area contributed by atoms with Gasteiger partial charge in [0.1, 0.15) is 0 Å². The normalized spacial score (nSPS) is 10.5. The average molecular weight is 244 g/mol. The lowest BCUT2D eigenvalue weighted by molar-refractivity contribution is 0.104. The first-order chi connectivity index (χ1) is 8.11. The van der Waals surface area contributed by atoms with Gasteiger partial charge in [-0.05, 0) is 44.0 Å². The molecule has 17 heavy (non-hydrogen) atoms. The van der Waals surface area contributed by atoms with E-state index in [2.05, 4.69) is 6.92 Å². The summed E-state index contributed by atoms with van der Waals surface area (Å²) < 4.78 is 0. The molecule has 2 rings (SSSR count). The number of aryl methyl sites for hydroxylation is 3. The third-order valence-corrected chi connectivity index (χ3v) is 4.10. The van der Waals surface area contributed by atoms with Gasteiger partial charge in [-0.3, -0.25) is 4.79 Å². The van der Waals surface area contributed by atoms with Crippen molar-refractivity contribution in [3.8, 4) is 0 Å². The Labute approximate surface area is 106 Å². The molecule has 0 bridgehead atoms. The topological polar surface area (TPSA) is 17.1 Å². The third kappa shape index (κ3) is 2.47. The first kappa shape index (κ1) is 12.1. The van der Waals surface area contributed by atoms with E-state index in [4.69, 9.17) is 0 Å². The Balaban J connectivity index is 2.39. The van der Waals surface area contributed by atoms with Crippen LogP contribution < -0.4 is 0 Å². The van der Waals surface area contributed by atoms with Crippen molar-refractivity contribution in [2.24, 2.45) is 0 Å². The van der Waals surface area contributed by atoms with Crippen molar-refractivity contribution >= 4 is 17.1 Å². The van der Waals surface area contributed by atoms with Crippen LogP contribution >= 0.6 is 11.3 Å². The van der Waals surface area contributed by atoms with Crippen molar-refractivity contribution in [2.45, 2.75) is 27.2 Å². The van der Waals surface area contributed by atoms with Crippen molar-refractivity contribution < 1.29 is 4.79 Å². The predicted molar refractivity (Wildman–Crippen MR) is 73.0 cm³/mol. The second-order valence-corrected chi connectivity index (χ2v) is 5.44. The standard InChI is InChI=1S/C15H16OS/c1-4-12-7-8-14(17-12)15(16)13-9-10(2)5-6-11(13)3/h5-9H,4H2,1-3H3. The maximum absolute atomic E-state index is 12.4. The molecule has 0 aliphatic rings. The smallest absolute Gasteiger partial charge is 0.203 e. The fourth-order valence-electron chi connectivity index (χ4n) is 1.80. The van der Waals surface area contributed by atoms with Gasteiger partial charge >= 0.3 is 0 Å². The molecule has 0 amide bonds. The van der Waals surface area contributed by atoms with Gasteiger partial charge in [-0.15, -0.1) is 11.3 Å². The van der Waals surface area contributed by atoms with E-state index in [0.717, 1.165) is 28.0 Å². The van der Waals surface area contributed by atoms with Gasteiger partial charge < -0.3 is 0 Å². The van der Waals surface area contributed by atoms with E-state index in [1.807, 2.05) is 44.2 Å². The van der Waals surface area contributed by atoms with Crippen LogP contribution in [0.25, 0.3) is 0 Å². The summed E-state index contributed by atoms with van der Waals surface area (Å²) in [5.74, 6) is 0.149. The van der Waals surface area contributed by atoms with Gasteiger partial charge in [0, 0.05) is 10.4 Å². The number of carbonyl (C=O) groups is 1. The average Bonchev–Trinajstić information content (AvgIpc) is 2.80. The lowest BCUT2D eigenvalue weighted by Gasteiger charge is -2.04. The van der Waals surface area contributed by atoms with Gasteiger partial charge in [-0.2, -0.15) is 0 Å². The summed E-state index contributed by atoms with van der Waals surface area (Å²) in [4.78, 5) is 14.5. The van der Waals surface area contributed by atoms with E-state index in [0.29, 0.717) is 0 Å². The molecule has 1 aromatic carbocycles. The molecule has 2 aromatic rings. The minimum atomic E-state index is 0.149. The molecule has 0 N–H and O–H groups in total. The van der Waals surface area contributed by atoms with Gasteiger partial charge in [0.15, 0.2) is 0 Å². The van der Waals surface area contributed by atoms with Gasteiger partial charge in [0.25, 0.3) is 0 Å². The molecule has 2 heteroatoms. The van der Waals surface area contributed by atoms with Crippen LogP contribution in [0.2, 0.25) is 0 Å². The Morgan fingerprint density at radius 1 is 1.18 bits per heavy atom. The highest BCUT2D eigenvalue weighted by Crippen LogP contribution is 2.22. The maximum atomic E-state index is 12.4. The Bertz CT molecular complexity index is 552. The summed E-state index contributed by atoms with van der Waals surface area (Å²) in [6, 6.07) is 10.0. The van der Waals surface area contributed by atoms with Gasteiger partial charge in [0.2, 0.25) is 5.78 Å². The molecule has 1 nitrogen and oxygen atoms in total. The van der Waals surface area contributed by atoms with Crippen molar-refractivity contribution in [2.75, 3.05) is 0 Å². The monoisotopic (exact) mass is 244 g/mol. The van der Waals surface area contributed by atoms with Crippen LogP contribution in [-0.2, 0) is 6.42 Å². The fraction of sp³-hybridized carbons (Fsp3) is 0.267. The third-order valence-electron chi connectivity index (χ3n) is 2.87. The van der Waals surface area contributed by atoms with E-state index in [-0.39, 0.29) is 5.78 Å². The van der Waals surface area contributed by atoms with Crippen molar-refractivity contribution in [1.29, 1.82) is 0 Å². The van der Waals surface area contributed by atoms with Gasteiger partial charge in [-0.25, -0.2) is 0 Å². The molecular formula is C15H16OS. The number of rotatable bonds is 3. The largest absolute Gasteiger partial charge is 0.288 e. The zero-order valence-corrected chi connectivity index (χ0v) is 11.2. The summed E-state index contributed by atoms with van der Waals surface area (Å²) in [5.41, 5.74) is 3.01. The van der Waals surface area contributed by atoms with Crippen LogP contribution in [0.5, 0.6) is 0 Å². The van der Waals surface area contributed by atoms with Crippen LogP contribution in [0.3, 0.4) is 0 Å². The molecule has 1 heterocycles. The molecule has 0 aliphatic carbocycles. The lowest BCUT2D eigenvalue weighted by atomic mass is 10.0. The minimum absolute atomic E-state index is 0.149. The van der Waals surface area contributed by atoms with E-state index in [1.165, 1.54) is 4.88 Å². The van der Waals surface area contributed by atoms with E-state index >= 15 is 0 Å². The summed E-state index contributed by atoms with van der Waals surface area (Å²) in [5, 5.41) is 0. The molecule has 0 saturated carbocycles. The molecule has 88 valence electrons. The number of ketones is 1. The lowest BCUT2D eigenvalue weighted by Crippen LogP contribution is -2.01. The molecular weight excluding hydrogens is 228 g/mol. The first-order valence-corrected chi connectivity index (χ1v) is 6.64. The van der Waals surface area contributed by atoms with Crippen LogP contribution in [0.4, 0.5) is 0 Å². The zero-order valence-electron chi connectivity index (χ0n) is 10.4. The summed E-state index contributed by atoms with van der Waals surface area (Å²) in [6.45, 7) is 6.11. The van der Waals surface area contributed by atoms with Crippen LogP contribution in [-0.4, -0.2) is 5.78 Å². The predicted octanol–water partition coefficient (Wildman–Crippen LogP) is 4.16. The maximum Gasteiger partial charge on any atom is 0.203 e. The molecule has 0 fully saturated rings. The SMILES string of the molecule is CCc1ccc(C(=O)c2cc(C)ccc2C)s1. The molecule has 0 spiro atoms. The van der Waals surface area contributed by atoms with Gasteiger partial charge in [-0.1, -0.05) is 24.6 Å². The zero-order chi connectivity index (χ0) is 12.4. The molecule has 1 aromatic heterocycles. The number of hydrogen-bond acceptors (Lipinski definition) is 2. The molecule has 0 unspecified atom stereocenters. The summed E-state index contributed by atoms with van der Waals surface area (Å²) in [6.07, 6.45) is 0.991. The Kier molecular flexibility index (Phi) is 3.43. The van der Waals surface area contributed by atoms with E-state index in [1.54, 1.807) is 11.3 Å². The van der Waals surface area contributed by atoms with E-state index < -0.39 is 0 Å². The number of benzene rings is 1. The molecule has 0 aliphatic heterocycles. The summed E-state index contributed by atoms with van der Waals surface area (Å²) in [7, 11) is 0. The Morgan fingerprint density at radius 3 is 2.59 bits per heavy atom. The van der Waals surface area contributed by atoms with Crippen LogP contribution in [0.1, 0.15) is 38.2 Å². The second-order valence-electron chi connectivity index (χ2n) is 4.27. The Morgan fingerprint density at radius 2 is 1.94 bits per heavy atom. The quantitative estimate of drug-likeness (QED) is 0.741. The number of carbonyl (C=O) groups excluding carboxylic acids is 1. The second kappa shape index (κ2) is 4.84. The van der Waals surface area contributed by atoms with Crippen molar-refractivity contribution in [1.82, 2.24) is 0 Å². The highest BCUT2D eigenvalue weighted by Gasteiger charge is 2.13. The number of thiophene rings is 1. The first-order valence-electron chi connectivity index (χ1n) is 5.82. The molecule has 0 radical (unpaired) electrons. The minimum Gasteiger partial charge on any atom is -0.288 e. The van der Waals surface area contributed by atoms with Crippen molar-refractivity contribution in [3.05, 3.63) is 56.8 Å². The van der Waals surface area contributed by atoms with Crippen LogP contribution in [0, 0.1) is 13.8 Å².